The number of aliphatic hydroxyl groups excluding tert-OH is 1. The second kappa shape index (κ2) is 5.78. The topological polar surface area (TPSA) is 20.2 Å². The molecule has 0 aliphatic rings. The molecule has 88 valence electrons. The fourth-order valence-corrected chi connectivity index (χ4v) is 2.80. The molecule has 0 aliphatic carbocycles. The van der Waals surface area contributed by atoms with Gasteiger partial charge in [0.1, 0.15) is 0 Å². The van der Waals surface area contributed by atoms with E-state index in [1.165, 1.54) is 0 Å². The first-order chi connectivity index (χ1) is 8.20. The molecule has 0 amide bonds. The minimum absolute atomic E-state index is 0.0599. The van der Waals surface area contributed by atoms with E-state index in [0.29, 0.717) is 10.0 Å². The van der Waals surface area contributed by atoms with Gasteiger partial charge in [0, 0.05) is 25.4 Å². The molecule has 1 N–H and O–H groups in total. The molecule has 2 rings (SSSR count). The summed E-state index contributed by atoms with van der Waals surface area (Å²) in [5, 5.41) is 10.6. The number of hydrogen-bond acceptors (Lipinski definition) is 2. The summed E-state index contributed by atoms with van der Waals surface area (Å²) in [6.07, 6.45) is 0. The molecule has 0 saturated heterocycles. The van der Waals surface area contributed by atoms with Crippen LogP contribution in [0.5, 0.6) is 0 Å². The predicted octanol–water partition coefficient (Wildman–Crippen LogP) is 4.64. The first-order valence-corrected chi connectivity index (χ1v) is 6.59. The van der Waals surface area contributed by atoms with E-state index < -0.39 is 0 Å². The third-order valence-corrected chi connectivity index (χ3v) is 3.99. The van der Waals surface area contributed by atoms with Crippen LogP contribution in [0.1, 0.15) is 5.56 Å². The van der Waals surface area contributed by atoms with Gasteiger partial charge in [-0.05, 0) is 36.4 Å². The Labute approximate surface area is 114 Å². The number of benzene rings is 2. The monoisotopic (exact) mass is 284 g/mol. The molecular weight excluding hydrogens is 275 g/mol. The van der Waals surface area contributed by atoms with Gasteiger partial charge < -0.3 is 5.11 Å². The van der Waals surface area contributed by atoms with Crippen molar-refractivity contribution in [2.45, 2.75) is 16.4 Å². The SMILES string of the molecule is OCc1c(Cl)cccc1Sc1ccc(Cl)cc1. The van der Waals surface area contributed by atoms with Crippen LogP contribution in [0.3, 0.4) is 0 Å². The Bertz CT molecular complexity index is 511. The van der Waals surface area contributed by atoms with Crippen LogP contribution in [0.25, 0.3) is 0 Å². The molecule has 0 fully saturated rings. The molecule has 0 unspecified atom stereocenters. The lowest BCUT2D eigenvalue weighted by atomic mass is 10.2. The smallest absolute Gasteiger partial charge is 0.0707 e. The van der Waals surface area contributed by atoms with Crippen molar-refractivity contribution in [1.82, 2.24) is 0 Å². The summed E-state index contributed by atoms with van der Waals surface area (Å²) in [7, 11) is 0. The summed E-state index contributed by atoms with van der Waals surface area (Å²) in [5.74, 6) is 0. The molecule has 0 radical (unpaired) electrons. The summed E-state index contributed by atoms with van der Waals surface area (Å²) in [6, 6.07) is 13.2. The third kappa shape index (κ3) is 3.17. The number of rotatable bonds is 3. The van der Waals surface area contributed by atoms with Crippen molar-refractivity contribution in [3.05, 3.63) is 58.1 Å². The molecule has 0 bridgehead atoms. The third-order valence-electron chi connectivity index (χ3n) is 2.28. The maximum atomic E-state index is 9.30. The lowest BCUT2D eigenvalue weighted by molar-refractivity contribution is 0.279. The Morgan fingerprint density at radius 1 is 1.00 bits per heavy atom. The van der Waals surface area contributed by atoms with Gasteiger partial charge in [0.25, 0.3) is 0 Å². The van der Waals surface area contributed by atoms with Crippen LogP contribution < -0.4 is 0 Å². The van der Waals surface area contributed by atoms with Gasteiger partial charge in [0.05, 0.1) is 6.61 Å². The van der Waals surface area contributed by atoms with Crippen molar-refractivity contribution in [3.8, 4) is 0 Å². The van der Waals surface area contributed by atoms with Crippen molar-refractivity contribution in [1.29, 1.82) is 0 Å². The summed E-state index contributed by atoms with van der Waals surface area (Å²) in [6.45, 7) is -0.0599. The fraction of sp³-hybridized carbons (Fsp3) is 0.0769. The summed E-state index contributed by atoms with van der Waals surface area (Å²) >= 11 is 13.4. The second-order valence-corrected chi connectivity index (χ2v) is 5.39. The van der Waals surface area contributed by atoms with E-state index in [9.17, 15) is 5.11 Å². The molecular formula is C13H10Cl2OS. The number of hydrogen-bond donors (Lipinski definition) is 1. The summed E-state index contributed by atoms with van der Waals surface area (Å²) in [4.78, 5) is 2.02. The molecule has 4 heteroatoms. The average Bonchev–Trinajstić information content (AvgIpc) is 2.32. The van der Waals surface area contributed by atoms with E-state index in [-0.39, 0.29) is 6.61 Å². The van der Waals surface area contributed by atoms with Crippen LogP contribution in [0.2, 0.25) is 10.0 Å². The lowest BCUT2D eigenvalue weighted by Crippen LogP contribution is -1.88. The molecule has 2 aromatic rings. The van der Waals surface area contributed by atoms with Crippen LogP contribution in [-0.4, -0.2) is 5.11 Å². The molecule has 0 spiro atoms. The first kappa shape index (κ1) is 12.8. The van der Waals surface area contributed by atoms with Crippen LogP contribution >= 0.6 is 35.0 Å². The minimum atomic E-state index is -0.0599. The van der Waals surface area contributed by atoms with E-state index in [2.05, 4.69) is 0 Å². The highest BCUT2D eigenvalue weighted by atomic mass is 35.5. The van der Waals surface area contributed by atoms with Crippen molar-refractivity contribution in [2.75, 3.05) is 0 Å². The van der Waals surface area contributed by atoms with Gasteiger partial charge in [0.2, 0.25) is 0 Å². The van der Waals surface area contributed by atoms with Crippen molar-refractivity contribution < 1.29 is 5.11 Å². The van der Waals surface area contributed by atoms with E-state index >= 15 is 0 Å². The Morgan fingerprint density at radius 2 is 1.71 bits per heavy atom. The van der Waals surface area contributed by atoms with E-state index in [4.69, 9.17) is 23.2 Å². The maximum absolute atomic E-state index is 9.30. The van der Waals surface area contributed by atoms with Crippen molar-refractivity contribution >= 4 is 35.0 Å². The molecule has 2 aromatic carbocycles. The van der Waals surface area contributed by atoms with Gasteiger partial charge in [-0.3, -0.25) is 0 Å². The molecule has 0 aromatic heterocycles. The minimum Gasteiger partial charge on any atom is -0.392 e. The Morgan fingerprint density at radius 3 is 2.35 bits per heavy atom. The van der Waals surface area contributed by atoms with Gasteiger partial charge >= 0.3 is 0 Å². The number of aliphatic hydroxyl groups is 1. The van der Waals surface area contributed by atoms with Gasteiger partial charge in [-0.2, -0.15) is 0 Å². The van der Waals surface area contributed by atoms with E-state index in [1.807, 2.05) is 36.4 Å². The Kier molecular flexibility index (Phi) is 4.35. The fourth-order valence-electron chi connectivity index (χ4n) is 1.42. The van der Waals surface area contributed by atoms with Gasteiger partial charge in [-0.25, -0.2) is 0 Å². The normalized spacial score (nSPS) is 10.5. The largest absolute Gasteiger partial charge is 0.392 e. The Hall–Kier alpha value is -0.670. The summed E-state index contributed by atoms with van der Waals surface area (Å²) in [5.41, 5.74) is 0.758. The van der Waals surface area contributed by atoms with Crippen molar-refractivity contribution in [2.24, 2.45) is 0 Å². The van der Waals surface area contributed by atoms with Crippen LogP contribution in [-0.2, 0) is 6.61 Å². The van der Waals surface area contributed by atoms with Crippen LogP contribution in [0.4, 0.5) is 0 Å². The molecule has 0 atom stereocenters. The van der Waals surface area contributed by atoms with Crippen LogP contribution in [0, 0.1) is 0 Å². The lowest BCUT2D eigenvalue weighted by Gasteiger charge is -2.08. The molecule has 0 aliphatic heterocycles. The van der Waals surface area contributed by atoms with Crippen molar-refractivity contribution in [3.63, 3.8) is 0 Å². The number of halogens is 2. The molecule has 17 heavy (non-hydrogen) atoms. The average molecular weight is 285 g/mol. The van der Waals surface area contributed by atoms with Gasteiger partial charge in [0.15, 0.2) is 0 Å². The van der Waals surface area contributed by atoms with Gasteiger partial charge in [-0.15, -0.1) is 0 Å². The van der Waals surface area contributed by atoms with E-state index in [0.717, 1.165) is 15.4 Å². The standard InChI is InChI=1S/C13H10Cl2OS/c14-9-4-6-10(7-5-9)17-13-3-1-2-12(15)11(13)8-16/h1-7,16H,8H2. The quantitative estimate of drug-likeness (QED) is 0.886. The van der Waals surface area contributed by atoms with Gasteiger partial charge in [-0.1, -0.05) is 41.0 Å². The maximum Gasteiger partial charge on any atom is 0.0707 e. The zero-order valence-corrected chi connectivity index (χ0v) is 11.2. The Balaban J connectivity index is 2.29. The molecule has 0 saturated carbocycles. The highest BCUT2D eigenvalue weighted by Crippen LogP contribution is 2.34. The summed E-state index contributed by atoms with van der Waals surface area (Å²) < 4.78 is 0. The predicted molar refractivity (Wildman–Crippen MR) is 72.9 cm³/mol. The first-order valence-electron chi connectivity index (χ1n) is 5.02. The second-order valence-electron chi connectivity index (χ2n) is 3.43. The van der Waals surface area contributed by atoms with E-state index in [1.54, 1.807) is 17.8 Å². The highest BCUT2D eigenvalue weighted by molar-refractivity contribution is 7.99. The zero-order valence-electron chi connectivity index (χ0n) is 8.86. The van der Waals surface area contributed by atoms with Crippen LogP contribution in [0.15, 0.2) is 52.3 Å². The zero-order chi connectivity index (χ0) is 12.3. The molecule has 0 heterocycles. The highest BCUT2D eigenvalue weighted by Gasteiger charge is 2.07. The molecule has 1 nitrogen and oxygen atoms in total.